The molecule has 1 atom stereocenters. The van der Waals surface area contributed by atoms with E-state index in [1.807, 2.05) is 6.08 Å². The third kappa shape index (κ3) is 1.26. The van der Waals surface area contributed by atoms with E-state index in [0.717, 1.165) is 5.57 Å². The quantitative estimate of drug-likeness (QED) is 0.403. The van der Waals surface area contributed by atoms with Crippen LogP contribution in [0.1, 0.15) is 0 Å². The van der Waals surface area contributed by atoms with E-state index < -0.39 is 0 Å². The molecule has 0 saturated heterocycles. The van der Waals surface area contributed by atoms with Gasteiger partial charge in [-0.25, -0.2) is 0 Å². The number of hydrogen-bond donors (Lipinski definition) is 2. The Balaban J connectivity index is 2.40. The fourth-order valence-corrected chi connectivity index (χ4v) is 1.40. The standard InChI is InChI=1S/C9H9N3O/c10-12-7-1-2-8-6(5-7)3-4-11-9(8)13/h1-5,8H,10H2,(H,11,13)/b12-7-. The zero-order valence-electron chi connectivity index (χ0n) is 6.90. The Morgan fingerprint density at radius 3 is 3.08 bits per heavy atom. The third-order valence-electron chi connectivity index (χ3n) is 2.07. The number of rotatable bonds is 0. The summed E-state index contributed by atoms with van der Waals surface area (Å²) >= 11 is 0. The van der Waals surface area contributed by atoms with Crippen molar-refractivity contribution in [3.8, 4) is 0 Å². The molecule has 13 heavy (non-hydrogen) atoms. The molecule has 2 aliphatic rings. The van der Waals surface area contributed by atoms with Crippen LogP contribution in [0.5, 0.6) is 0 Å². The van der Waals surface area contributed by atoms with Gasteiger partial charge in [0.05, 0.1) is 11.6 Å². The number of nitrogens with two attached hydrogens (primary N) is 1. The average Bonchev–Trinajstić information content (AvgIpc) is 2.18. The number of hydrogen-bond acceptors (Lipinski definition) is 3. The first-order valence-electron chi connectivity index (χ1n) is 3.96. The maximum atomic E-state index is 11.3. The SMILES string of the molecule is N/N=C1/C=CC2C(=O)NC=CC2=C1. The molecule has 0 bridgehead atoms. The largest absolute Gasteiger partial charge is 0.332 e. The van der Waals surface area contributed by atoms with Crippen molar-refractivity contribution in [3.63, 3.8) is 0 Å². The van der Waals surface area contributed by atoms with Crippen LogP contribution in [-0.2, 0) is 4.79 Å². The van der Waals surface area contributed by atoms with Gasteiger partial charge in [-0.2, -0.15) is 5.10 Å². The van der Waals surface area contributed by atoms with Crippen molar-refractivity contribution in [1.29, 1.82) is 0 Å². The van der Waals surface area contributed by atoms with Gasteiger partial charge in [0, 0.05) is 6.20 Å². The van der Waals surface area contributed by atoms with Crippen LogP contribution in [0, 0.1) is 5.92 Å². The predicted molar refractivity (Wildman–Crippen MR) is 49.6 cm³/mol. The van der Waals surface area contributed by atoms with E-state index in [4.69, 9.17) is 5.84 Å². The summed E-state index contributed by atoms with van der Waals surface area (Å²) in [5.74, 6) is 4.93. The molecule has 1 heterocycles. The van der Waals surface area contributed by atoms with E-state index in [0.29, 0.717) is 5.71 Å². The van der Waals surface area contributed by atoms with Crippen LogP contribution in [-0.4, -0.2) is 11.6 Å². The van der Waals surface area contributed by atoms with E-state index in [2.05, 4.69) is 10.4 Å². The normalized spacial score (nSPS) is 28.3. The highest BCUT2D eigenvalue weighted by atomic mass is 16.1. The number of nitrogens with zero attached hydrogens (tertiary/aromatic N) is 1. The number of amides is 1. The van der Waals surface area contributed by atoms with Crippen molar-refractivity contribution in [2.75, 3.05) is 0 Å². The molecule has 0 aromatic heterocycles. The van der Waals surface area contributed by atoms with Crippen molar-refractivity contribution in [2.24, 2.45) is 16.9 Å². The number of carbonyl (C=O) groups is 1. The minimum atomic E-state index is -0.185. The van der Waals surface area contributed by atoms with Gasteiger partial charge >= 0.3 is 0 Å². The average molecular weight is 175 g/mol. The molecule has 0 saturated carbocycles. The van der Waals surface area contributed by atoms with Crippen LogP contribution in [0.4, 0.5) is 0 Å². The first kappa shape index (κ1) is 7.79. The van der Waals surface area contributed by atoms with Crippen LogP contribution < -0.4 is 11.2 Å². The smallest absolute Gasteiger partial charge is 0.235 e. The Morgan fingerprint density at radius 2 is 2.31 bits per heavy atom. The molecule has 1 amide bonds. The van der Waals surface area contributed by atoms with Crippen LogP contribution in [0.15, 0.2) is 41.2 Å². The summed E-state index contributed by atoms with van der Waals surface area (Å²) in [6.45, 7) is 0. The summed E-state index contributed by atoms with van der Waals surface area (Å²) in [6, 6.07) is 0. The maximum Gasteiger partial charge on any atom is 0.235 e. The van der Waals surface area contributed by atoms with Gasteiger partial charge in [-0.15, -0.1) is 0 Å². The maximum absolute atomic E-state index is 11.3. The van der Waals surface area contributed by atoms with Gasteiger partial charge in [0.1, 0.15) is 0 Å². The van der Waals surface area contributed by atoms with Gasteiger partial charge in [0.15, 0.2) is 0 Å². The molecule has 1 unspecified atom stereocenters. The van der Waals surface area contributed by atoms with E-state index >= 15 is 0 Å². The minimum absolute atomic E-state index is 0.0129. The molecular weight excluding hydrogens is 166 g/mol. The van der Waals surface area contributed by atoms with E-state index in [1.54, 1.807) is 24.4 Å². The van der Waals surface area contributed by atoms with Crippen LogP contribution in [0.3, 0.4) is 0 Å². The van der Waals surface area contributed by atoms with Gasteiger partial charge in [0.25, 0.3) is 0 Å². The van der Waals surface area contributed by atoms with Gasteiger partial charge < -0.3 is 11.2 Å². The lowest BCUT2D eigenvalue weighted by atomic mass is 9.90. The Hall–Kier alpha value is -1.84. The Bertz CT molecular complexity index is 363. The number of allylic oxidation sites excluding steroid dienone is 3. The Kier molecular flexibility index (Phi) is 1.73. The number of nitrogens with one attached hydrogen (secondary N) is 1. The van der Waals surface area contributed by atoms with Crippen LogP contribution in [0.25, 0.3) is 0 Å². The van der Waals surface area contributed by atoms with E-state index in [1.165, 1.54) is 0 Å². The lowest BCUT2D eigenvalue weighted by Crippen LogP contribution is -2.31. The monoisotopic (exact) mass is 175 g/mol. The second kappa shape index (κ2) is 2.90. The highest BCUT2D eigenvalue weighted by molar-refractivity contribution is 6.07. The van der Waals surface area contributed by atoms with E-state index in [9.17, 15) is 4.79 Å². The predicted octanol–water partition coefficient (Wildman–Crippen LogP) is 0.0570. The molecule has 1 aliphatic heterocycles. The van der Waals surface area contributed by atoms with Gasteiger partial charge in [-0.05, 0) is 23.8 Å². The van der Waals surface area contributed by atoms with Crippen molar-refractivity contribution < 1.29 is 4.79 Å². The summed E-state index contributed by atoms with van der Waals surface area (Å²) < 4.78 is 0. The Labute approximate surface area is 75.5 Å². The Morgan fingerprint density at radius 1 is 1.46 bits per heavy atom. The second-order valence-electron chi connectivity index (χ2n) is 2.88. The highest BCUT2D eigenvalue weighted by Crippen LogP contribution is 2.21. The molecular formula is C9H9N3O. The van der Waals surface area contributed by atoms with Crippen molar-refractivity contribution >= 4 is 11.6 Å². The fraction of sp³-hybridized carbons (Fsp3) is 0.111. The number of carbonyl (C=O) groups excluding carboxylic acids is 1. The second-order valence-corrected chi connectivity index (χ2v) is 2.88. The van der Waals surface area contributed by atoms with Crippen LogP contribution >= 0.6 is 0 Å². The minimum Gasteiger partial charge on any atom is -0.332 e. The van der Waals surface area contributed by atoms with Gasteiger partial charge in [-0.3, -0.25) is 4.79 Å². The highest BCUT2D eigenvalue weighted by Gasteiger charge is 2.23. The molecule has 66 valence electrons. The van der Waals surface area contributed by atoms with Crippen molar-refractivity contribution in [1.82, 2.24) is 5.32 Å². The molecule has 1 aliphatic carbocycles. The van der Waals surface area contributed by atoms with Crippen molar-refractivity contribution in [2.45, 2.75) is 0 Å². The fourth-order valence-electron chi connectivity index (χ4n) is 1.40. The number of fused-ring (bicyclic) bond motifs is 1. The van der Waals surface area contributed by atoms with Crippen LogP contribution in [0.2, 0.25) is 0 Å². The molecule has 2 rings (SSSR count). The van der Waals surface area contributed by atoms with Gasteiger partial charge in [0.2, 0.25) is 5.91 Å². The summed E-state index contributed by atoms with van der Waals surface area (Å²) in [5.41, 5.74) is 1.61. The summed E-state index contributed by atoms with van der Waals surface area (Å²) in [4.78, 5) is 11.3. The molecule has 4 heteroatoms. The summed E-state index contributed by atoms with van der Waals surface area (Å²) in [6.07, 6.45) is 8.81. The van der Waals surface area contributed by atoms with Gasteiger partial charge in [-0.1, -0.05) is 6.08 Å². The number of hydrazone groups is 1. The molecule has 3 N–H and O–H groups in total. The first-order chi connectivity index (χ1) is 6.31. The third-order valence-corrected chi connectivity index (χ3v) is 2.07. The molecule has 0 fully saturated rings. The topological polar surface area (TPSA) is 67.5 Å². The molecule has 0 radical (unpaired) electrons. The van der Waals surface area contributed by atoms with E-state index in [-0.39, 0.29) is 11.8 Å². The lowest BCUT2D eigenvalue weighted by molar-refractivity contribution is -0.121. The molecule has 0 aromatic rings. The lowest BCUT2D eigenvalue weighted by Gasteiger charge is -2.20. The zero-order chi connectivity index (χ0) is 9.26. The summed E-state index contributed by atoms with van der Waals surface area (Å²) in [7, 11) is 0. The molecule has 0 spiro atoms. The summed E-state index contributed by atoms with van der Waals surface area (Å²) in [5, 5.41) is 6.18. The molecule has 0 aromatic carbocycles. The van der Waals surface area contributed by atoms with Crippen molar-refractivity contribution in [3.05, 3.63) is 36.1 Å². The first-order valence-corrected chi connectivity index (χ1v) is 3.96. The zero-order valence-corrected chi connectivity index (χ0v) is 6.90. The molecule has 4 nitrogen and oxygen atoms in total.